The molecule has 0 bridgehead atoms. The molecule has 9 nitrogen and oxygen atoms in total. The number of ether oxygens (including phenoxy) is 2. The Bertz CT molecular complexity index is 804. The summed E-state index contributed by atoms with van der Waals surface area (Å²) >= 11 is 0. The van der Waals surface area contributed by atoms with Gasteiger partial charge in [0.05, 0.1) is 26.8 Å². The van der Waals surface area contributed by atoms with E-state index in [1.54, 1.807) is 20.5 Å². The van der Waals surface area contributed by atoms with E-state index < -0.39 is 0 Å². The van der Waals surface area contributed by atoms with Crippen LogP contribution in [0.25, 0.3) is 0 Å². The van der Waals surface area contributed by atoms with E-state index in [4.69, 9.17) is 14.5 Å². The fourth-order valence-corrected chi connectivity index (χ4v) is 3.18. The van der Waals surface area contributed by atoms with Crippen LogP contribution in [0, 0.1) is 0 Å². The molecule has 1 unspecified atom stereocenters. The molecule has 1 aromatic carbocycles. The van der Waals surface area contributed by atoms with Gasteiger partial charge < -0.3 is 29.6 Å². The number of aliphatic imine (C=N–C) groups is 1. The molecule has 0 amide bonds. The number of methoxy groups -OCH3 is 2. The molecule has 2 N–H and O–H groups in total. The lowest BCUT2D eigenvalue weighted by molar-refractivity contribution is 0.303. The van der Waals surface area contributed by atoms with Crippen LogP contribution in [0.4, 0.5) is 0 Å². The van der Waals surface area contributed by atoms with Gasteiger partial charge in [0.2, 0.25) is 0 Å². The van der Waals surface area contributed by atoms with Crippen molar-refractivity contribution < 1.29 is 9.47 Å². The van der Waals surface area contributed by atoms with Crippen LogP contribution in [0.15, 0.2) is 29.5 Å². The van der Waals surface area contributed by atoms with Gasteiger partial charge in [0.1, 0.15) is 12.2 Å². The quantitative estimate of drug-likeness (QED) is 0.425. The highest BCUT2D eigenvalue weighted by molar-refractivity contribution is 5.79. The average molecular weight is 418 g/mol. The molecule has 1 aromatic heterocycles. The molecule has 0 aliphatic heterocycles. The lowest BCUT2D eigenvalue weighted by Gasteiger charge is -2.24. The molecule has 0 radical (unpaired) electrons. The molecule has 30 heavy (non-hydrogen) atoms. The summed E-state index contributed by atoms with van der Waals surface area (Å²) in [5.41, 5.74) is 1.12. The Balaban J connectivity index is 2.07. The monoisotopic (exact) mass is 417 g/mol. The molecular formula is C21H35N7O2. The Hall–Kier alpha value is -2.81. The highest BCUT2D eigenvalue weighted by Gasteiger charge is 2.17. The summed E-state index contributed by atoms with van der Waals surface area (Å²) in [6.45, 7) is 7.05. The predicted octanol–water partition coefficient (Wildman–Crippen LogP) is 1.72. The van der Waals surface area contributed by atoms with Crippen molar-refractivity contribution >= 4 is 5.96 Å². The number of hydrogen-bond acceptors (Lipinski definition) is 6. The summed E-state index contributed by atoms with van der Waals surface area (Å²) in [5.74, 6) is 3.21. The van der Waals surface area contributed by atoms with Gasteiger partial charge in [-0.25, -0.2) is 0 Å². The van der Waals surface area contributed by atoms with E-state index in [0.29, 0.717) is 6.54 Å². The van der Waals surface area contributed by atoms with Crippen LogP contribution >= 0.6 is 0 Å². The zero-order chi connectivity index (χ0) is 21.9. The Morgan fingerprint density at radius 2 is 1.93 bits per heavy atom. The van der Waals surface area contributed by atoms with E-state index in [1.807, 2.05) is 12.1 Å². The number of rotatable bonds is 11. The van der Waals surface area contributed by atoms with Crippen molar-refractivity contribution in [3.8, 4) is 11.5 Å². The van der Waals surface area contributed by atoms with Gasteiger partial charge in [0.15, 0.2) is 17.5 Å². The van der Waals surface area contributed by atoms with E-state index >= 15 is 0 Å². The second kappa shape index (κ2) is 12.0. The van der Waals surface area contributed by atoms with Gasteiger partial charge in [0.25, 0.3) is 0 Å². The Labute approximate surface area is 179 Å². The van der Waals surface area contributed by atoms with Crippen LogP contribution in [0.5, 0.6) is 11.5 Å². The third-order valence-electron chi connectivity index (χ3n) is 4.84. The Morgan fingerprint density at radius 1 is 1.17 bits per heavy atom. The number of nitrogens with one attached hydrogen (secondary N) is 2. The summed E-state index contributed by atoms with van der Waals surface area (Å²) in [4.78, 5) is 6.96. The van der Waals surface area contributed by atoms with E-state index in [-0.39, 0.29) is 6.04 Å². The molecule has 1 atom stereocenters. The molecule has 0 fully saturated rings. The average Bonchev–Trinajstić information content (AvgIpc) is 3.20. The number of guanidine groups is 1. The van der Waals surface area contributed by atoms with Gasteiger partial charge in [-0.15, -0.1) is 10.2 Å². The Kier molecular flexibility index (Phi) is 9.40. The molecule has 166 valence electrons. The smallest absolute Gasteiger partial charge is 0.191 e. The van der Waals surface area contributed by atoms with Crippen molar-refractivity contribution in [1.82, 2.24) is 30.3 Å². The van der Waals surface area contributed by atoms with Crippen molar-refractivity contribution in [2.75, 3.05) is 47.9 Å². The SMILES string of the molecule is CCNC(=NCC(c1ccc(OC)c(OC)c1)N(C)C)NCCn1cnnc1CC. The molecule has 0 spiro atoms. The lowest BCUT2D eigenvalue weighted by atomic mass is 10.1. The maximum absolute atomic E-state index is 5.46. The number of aromatic nitrogens is 3. The van der Waals surface area contributed by atoms with E-state index in [1.165, 1.54) is 0 Å². The summed E-state index contributed by atoms with van der Waals surface area (Å²) in [6, 6.07) is 6.10. The Morgan fingerprint density at radius 3 is 2.57 bits per heavy atom. The molecule has 1 heterocycles. The second-order valence-corrected chi connectivity index (χ2v) is 7.03. The maximum Gasteiger partial charge on any atom is 0.191 e. The third-order valence-corrected chi connectivity index (χ3v) is 4.84. The van der Waals surface area contributed by atoms with Gasteiger partial charge in [-0.1, -0.05) is 13.0 Å². The topological polar surface area (TPSA) is 88.8 Å². The zero-order valence-electron chi connectivity index (χ0n) is 19.0. The van der Waals surface area contributed by atoms with Crippen LogP contribution < -0.4 is 20.1 Å². The van der Waals surface area contributed by atoms with Crippen LogP contribution in [0.1, 0.15) is 31.3 Å². The fraction of sp³-hybridized carbons (Fsp3) is 0.571. The van der Waals surface area contributed by atoms with E-state index in [0.717, 1.165) is 54.9 Å². The van der Waals surface area contributed by atoms with Crippen LogP contribution in [-0.4, -0.2) is 73.6 Å². The highest BCUT2D eigenvalue weighted by Crippen LogP contribution is 2.31. The minimum atomic E-state index is 0.102. The van der Waals surface area contributed by atoms with Gasteiger partial charge in [-0.3, -0.25) is 4.99 Å². The van der Waals surface area contributed by atoms with Crippen molar-refractivity contribution in [2.24, 2.45) is 4.99 Å². The zero-order valence-corrected chi connectivity index (χ0v) is 19.0. The molecule has 9 heteroatoms. The molecular weight excluding hydrogens is 382 g/mol. The first-order chi connectivity index (χ1) is 14.5. The normalized spacial score (nSPS) is 12.7. The number of nitrogens with zero attached hydrogens (tertiary/aromatic N) is 5. The van der Waals surface area contributed by atoms with E-state index in [2.05, 4.69) is 64.3 Å². The maximum atomic E-state index is 5.46. The van der Waals surface area contributed by atoms with Crippen molar-refractivity contribution in [3.63, 3.8) is 0 Å². The predicted molar refractivity (Wildman–Crippen MR) is 119 cm³/mol. The second-order valence-electron chi connectivity index (χ2n) is 7.03. The van der Waals surface area contributed by atoms with Gasteiger partial charge in [0, 0.05) is 26.1 Å². The minimum absolute atomic E-state index is 0.102. The third kappa shape index (κ3) is 6.35. The molecule has 0 aliphatic carbocycles. The molecule has 2 rings (SSSR count). The fourth-order valence-electron chi connectivity index (χ4n) is 3.18. The number of benzene rings is 1. The van der Waals surface area contributed by atoms with Gasteiger partial charge in [-0.2, -0.15) is 0 Å². The summed E-state index contributed by atoms with van der Waals surface area (Å²) in [5, 5.41) is 14.8. The summed E-state index contributed by atoms with van der Waals surface area (Å²) in [6.07, 6.45) is 2.63. The van der Waals surface area contributed by atoms with Crippen molar-refractivity contribution in [1.29, 1.82) is 0 Å². The largest absolute Gasteiger partial charge is 0.493 e. The first-order valence-corrected chi connectivity index (χ1v) is 10.3. The molecule has 0 aliphatic rings. The van der Waals surface area contributed by atoms with Crippen LogP contribution in [0.2, 0.25) is 0 Å². The summed E-state index contributed by atoms with van der Waals surface area (Å²) < 4.78 is 12.9. The van der Waals surface area contributed by atoms with Gasteiger partial charge >= 0.3 is 0 Å². The number of aryl methyl sites for hydroxylation is 1. The summed E-state index contributed by atoms with van der Waals surface area (Å²) in [7, 11) is 7.39. The highest BCUT2D eigenvalue weighted by atomic mass is 16.5. The van der Waals surface area contributed by atoms with Crippen LogP contribution in [0.3, 0.4) is 0 Å². The number of hydrogen-bond donors (Lipinski definition) is 2. The first kappa shape index (κ1) is 23.5. The lowest BCUT2D eigenvalue weighted by Crippen LogP contribution is -2.39. The van der Waals surface area contributed by atoms with Crippen molar-refractivity contribution in [2.45, 2.75) is 32.9 Å². The molecule has 0 saturated carbocycles. The first-order valence-electron chi connectivity index (χ1n) is 10.3. The van der Waals surface area contributed by atoms with E-state index in [9.17, 15) is 0 Å². The van der Waals surface area contributed by atoms with Crippen molar-refractivity contribution in [3.05, 3.63) is 35.9 Å². The van der Waals surface area contributed by atoms with Crippen LogP contribution in [-0.2, 0) is 13.0 Å². The molecule has 2 aromatic rings. The minimum Gasteiger partial charge on any atom is -0.493 e. The number of likely N-dealkylation sites (N-methyl/N-ethyl adjacent to an activating group) is 1. The molecule has 0 saturated heterocycles. The standard InChI is InChI=1S/C21H35N7O2/c1-7-20-26-25-15-28(20)12-11-23-21(22-8-2)24-14-17(27(3)4)16-9-10-18(29-5)19(13-16)30-6/h9-10,13,15,17H,7-8,11-12,14H2,1-6H3,(H2,22,23,24). The van der Waals surface area contributed by atoms with Gasteiger partial charge in [-0.05, 0) is 38.7 Å².